The van der Waals surface area contributed by atoms with E-state index >= 15 is 0 Å². The van der Waals surface area contributed by atoms with Gasteiger partial charge in [0.1, 0.15) is 0 Å². The lowest BCUT2D eigenvalue weighted by molar-refractivity contribution is 0.0134. The summed E-state index contributed by atoms with van der Waals surface area (Å²) < 4.78 is 54.1. The molecule has 1 aromatic rings. The van der Waals surface area contributed by atoms with E-state index in [1.165, 1.54) is 18.2 Å². The number of halogens is 2. The molecule has 4 nitrogen and oxygen atoms in total. The quantitative estimate of drug-likeness (QED) is 0.875. The molecule has 1 unspecified atom stereocenters. The molecular weight excluding hydrogens is 300 g/mol. The van der Waals surface area contributed by atoms with Crippen LogP contribution in [0.4, 0.5) is 14.5 Å². The number of para-hydroxylation sites is 1. The molecule has 0 radical (unpaired) electrons. The lowest BCUT2D eigenvalue weighted by Gasteiger charge is -2.23. The summed E-state index contributed by atoms with van der Waals surface area (Å²) in [5.41, 5.74) is 0.216. The summed E-state index contributed by atoms with van der Waals surface area (Å²) in [6.07, 6.45) is 4.06. The Labute approximate surface area is 123 Å². The Morgan fingerprint density at radius 1 is 1.29 bits per heavy atom. The Morgan fingerprint density at radius 3 is 2.71 bits per heavy atom. The van der Waals surface area contributed by atoms with Crippen LogP contribution in [0.3, 0.4) is 0 Å². The van der Waals surface area contributed by atoms with Crippen molar-refractivity contribution in [3.8, 4) is 0 Å². The molecule has 0 aliphatic carbocycles. The van der Waals surface area contributed by atoms with E-state index in [0.29, 0.717) is 6.54 Å². The van der Waals surface area contributed by atoms with Crippen LogP contribution in [0.15, 0.2) is 29.2 Å². The summed E-state index contributed by atoms with van der Waals surface area (Å²) in [4.78, 5) is -0.357. The summed E-state index contributed by atoms with van der Waals surface area (Å²) in [6.45, 7) is 1.24. The van der Waals surface area contributed by atoms with Crippen molar-refractivity contribution in [3.05, 3.63) is 24.3 Å². The Balaban J connectivity index is 2.00. The van der Waals surface area contributed by atoms with Crippen molar-refractivity contribution >= 4 is 15.5 Å². The van der Waals surface area contributed by atoms with Crippen LogP contribution in [0.25, 0.3) is 0 Å². The average Bonchev–Trinajstić information content (AvgIpc) is 2.48. The predicted octanol–water partition coefficient (Wildman–Crippen LogP) is 3.05. The van der Waals surface area contributed by atoms with Gasteiger partial charge in [0.05, 0.1) is 16.7 Å². The number of nitrogens with one attached hydrogen (secondary N) is 1. The fraction of sp³-hybridized carbons (Fsp3) is 0.571. The fourth-order valence-electron chi connectivity index (χ4n) is 2.36. The van der Waals surface area contributed by atoms with Crippen molar-refractivity contribution in [1.29, 1.82) is 0 Å². The smallest absolute Gasteiger partial charge is 0.341 e. The molecule has 1 aromatic carbocycles. The second-order valence-corrected chi connectivity index (χ2v) is 6.89. The van der Waals surface area contributed by atoms with Gasteiger partial charge in [0.15, 0.2) is 0 Å². The van der Waals surface area contributed by atoms with Crippen molar-refractivity contribution in [2.75, 3.05) is 18.5 Å². The number of ether oxygens (including phenoxy) is 1. The van der Waals surface area contributed by atoms with E-state index in [0.717, 1.165) is 32.3 Å². The van der Waals surface area contributed by atoms with E-state index in [9.17, 15) is 17.2 Å². The average molecular weight is 319 g/mol. The third-order valence-electron chi connectivity index (χ3n) is 3.48. The van der Waals surface area contributed by atoms with Gasteiger partial charge in [0.25, 0.3) is 0 Å². The first-order chi connectivity index (χ1) is 10.0. The molecule has 0 aromatic heterocycles. The number of sulfone groups is 1. The standard InChI is InChI=1S/C14H19F2NO3S/c15-14(16)21(18,19)13-7-2-1-6-12(13)17-9-8-11-5-3-4-10-20-11/h1-2,6-7,11,14,17H,3-5,8-10H2. The van der Waals surface area contributed by atoms with Gasteiger partial charge in [-0.05, 0) is 37.8 Å². The van der Waals surface area contributed by atoms with Crippen molar-refractivity contribution in [1.82, 2.24) is 0 Å². The van der Waals surface area contributed by atoms with Crippen LogP contribution in [0, 0.1) is 0 Å². The predicted molar refractivity (Wildman–Crippen MR) is 76.3 cm³/mol. The van der Waals surface area contributed by atoms with Gasteiger partial charge in [-0.1, -0.05) is 12.1 Å². The molecule has 2 rings (SSSR count). The van der Waals surface area contributed by atoms with Crippen molar-refractivity contribution in [2.45, 2.75) is 42.4 Å². The Hall–Kier alpha value is -1.21. The highest BCUT2D eigenvalue weighted by molar-refractivity contribution is 7.91. The number of hydrogen-bond donors (Lipinski definition) is 1. The SMILES string of the molecule is O=S(=O)(c1ccccc1NCCC1CCCCO1)C(F)F. The van der Waals surface area contributed by atoms with Gasteiger partial charge in [-0.2, -0.15) is 8.78 Å². The molecule has 1 fully saturated rings. The highest BCUT2D eigenvalue weighted by Gasteiger charge is 2.28. The molecular formula is C14H19F2NO3S. The van der Waals surface area contributed by atoms with Gasteiger partial charge in [-0.3, -0.25) is 0 Å². The van der Waals surface area contributed by atoms with E-state index < -0.39 is 15.6 Å². The number of anilines is 1. The third-order valence-corrected chi connectivity index (χ3v) is 4.92. The van der Waals surface area contributed by atoms with E-state index in [2.05, 4.69) is 5.32 Å². The van der Waals surface area contributed by atoms with Crippen molar-refractivity contribution in [3.63, 3.8) is 0 Å². The van der Waals surface area contributed by atoms with Gasteiger partial charge < -0.3 is 10.1 Å². The topological polar surface area (TPSA) is 55.4 Å². The fourth-order valence-corrected chi connectivity index (χ4v) is 3.27. The molecule has 21 heavy (non-hydrogen) atoms. The zero-order valence-electron chi connectivity index (χ0n) is 11.6. The van der Waals surface area contributed by atoms with Crippen LogP contribution < -0.4 is 5.32 Å². The maximum absolute atomic E-state index is 12.7. The summed E-state index contributed by atoms with van der Waals surface area (Å²) in [5.74, 6) is -3.41. The second kappa shape index (κ2) is 7.17. The zero-order valence-corrected chi connectivity index (χ0v) is 12.4. The molecule has 118 valence electrons. The number of alkyl halides is 2. The van der Waals surface area contributed by atoms with E-state index in [4.69, 9.17) is 4.74 Å². The van der Waals surface area contributed by atoms with E-state index in [1.807, 2.05) is 0 Å². The van der Waals surface area contributed by atoms with Crippen LogP contribution in [0.5, 0.6) is 0 Å². The van der Waals surface area contributed by atoms with E-state index in [1.54, 1.807) is 6.07 Å². The molecule has 1 aliphatic heterocycles. The van der Waals surface area contributed by atoms with Gasteiger partial charge in [-0.15, -0.1) is 0 Å². The molecule has 1 aliphatic rings. The van der Waals surface area contributed by atoms with Crippen molar-refractivity contribution in [2.24, 2.45) is 0 Å². The van der Waals surface area contributed by atoms with Crippen LogP contribution in [0.2, 0.25) is 0 Å². The number of hydrogen-bond acceptors (Lipinski definition) is 4. The highest BCUT2D eigenvalue weighted by Crippen LogP contribution is 2.26. The number of rotatable bonds is 6. The lowest BCUT2D eigenvalue weighted by Crippen LogP contribution is -2.22. The Morgan fingerprint density at radius 2 is 2.05 bits per heavy atom. The Kier molecular flexibility index (Phi) is 5.52. The summed E-state index contributed by atoms with van der Waals surface area (Å²) in [7, 11) is -4.59. The van der Waals surface area contributed by atoms with Gasteiger partial charge in [0, 0.05) is 13.2 Å². The molecule has 1 N–H and O–H groups in total. The van der Waals surface area contributed by atoms with E-state index in [-0.39, 0.29) is 16.7 Å². The molecule has 7 heteroatoms. The summed E-state index contributed by atoms with van der Waals surface area (Å²) >= 11 is 0. The first kappa shape index (κ1) is 16.2. The van der Waals surface area contributed by atoms with Crippen LogP contribution >= 0.6 is 0 Å². The normalized spacial score (nSPS) is 19.7. The first-order valence-corrected chi connectivity index (χ1v) is 8.53. The van der Waals surface area contributed by atoms with Crippen LogP contribution in [0.1, 0.15) is 25.7 Å². The maximum Gasteiger partial charge on any atom is 0.341 e. The van der Waals surface area contributed by atoms with Gasteiger partial charge in [-0.25, -0.2) is 8.42 Å². The molecule has 0 bridgehead atoms. The molecule has 1 atom stereocenters. The molecule has 1 saturated heterocycles. The van der Waals surface area contributed by atoms with Gasteiger partial charge in [0.2, 0.25) is 9.84 Å². The minimum absolute atomic E-state index is 0.158. The largest absolute Gasteiger partial charge is 0.384 e. The van der Waals surface area contributed by atoms with Crippen molar-refractivity contribution < 1.29 is 21.9 Å². The van der Waals surface area contributed by atoms with Crippen LogP contribution in [-0.2, 0) is 14.6 Å². The summed E-state index contributed by atoms with van der Waals surface area (Å²) in [6, 6.07) is 5.74. The minimum Gasteiger partial charge on any atom is -0.384 e. The zero-order chi connectivity index (χ0) is 15.3. The first-order valence-electron chi connectivity index (χ1n) is 6.98. The lowest BCUT2D eigenvalue weighted by atomic mass is 10.1. The van der Waals surface area contributed by atoms with Crippen LogP contribution in [-0.4, -0.2) is 33.4 Å². The Bertz CT molecular complexity index is 557. The maximum atomic E-state index is 12.7. The monoisotopic (exact) mass is 319 g/mol. The minimum atomic E-state index is -4.59. The summed E-state index contributed by atoms with van der Waals surface area (Å²) in [5, 5.41) is 2.93. The number of benzene rings is 1. The highest BCUT2D eigenvalue weighted by atomic mass is 32.2. The van der Waals surface area contributed by atoms with Gasteiger partial charge >= 0.3 is 5.76 Å². The third kappa shape index (κ3) is 4.14. The molecule has 0 saturated carbocycles. The molecule has 0 amide bonds. The molecule has 0 spiro atoms. The molecule has 1 heterocycles. The second-order valence-electron chi connectivity index (χ2n) is 5.01.